The molecule has 0 aliphatic carbocycles. The van der Waals surface area contributed by atoms with E-state index in [0.29, 0.717) is 11.4 Å². The molecule has 3 N–H and O–H groups in total. The van der Waals surface area contributed by atoms with Crippen LogP contribution in [0.3, 0.4) is 0 Å². The Balaban J connectivity index is 2.06. The number of fused-ring (bicyclic) bond motifs is 1. The largest absolute Gasteiger partial charge is 0.392 e. The van der Waals surface area contributed by atoms with Crippen molar-refractivity contribution in [3.05, 3.63) is 53.2 Å². The number of aromatic nitrogens is 2. The van der Waals surface area contributed by atoms with Gasteiger partial charge < -0.3 is 10.1 Å². The van der Waals surface area contributed by atoms with Crippen molar-refractivity contribution in [1.29, 1.82) is 0 Å². The van der Waals surface area contributed by atoms with E-state index in [9.17, 15) is 4.21 Å². The van der Waals surface area contributed by atoms with Crippen molar-refractivity contribution in [2.45, 2.75) is 19.9 Å². The zero-order chi connectivity index (χ0) is 15.1. The van der Waals surface area contributed by atoms with Crippen molar-refractivity contribution in [1.82, 2.24) is 14.7 Å². The van der Waals surface area contributed by atoms with Gasteiger partial charge in [-0.2, -0.15) is 0 Å². The van der Waals surface area contributed by atoms with Gasteiger partial charge in [0.2, 0.25) is 0 Å². The summed E-state index contributed by atoms with van der Waals surface area (Å²) in [6.07, 6.45) is 9.53. The lowest BCUT2D eigenvalue weighted by Gasteiger charge is -2.05. The molecule has 112 valence electrons. The number of pyridine rings is 1. The first-order chi connectivity index (χ1) is 10.3. The molecule has 0 bridgehead atoms. The molecule has 6 heteroatoms. The van der Waals surface area contributed by atoms with E-state index in [0.717, 1.165) is 23.0 Å². The van der Waals surface area contributed by atoms with Crippen molar-refractivity contribution in [3.63, 3.8) is 0 Å². The van der Waals surface area contributed by atoms with E-state index < -0.39 is 11.0 Å². The van der Waals surface area contributed by atoms with Crippen LogP contribution in [0.15, 0.2) is 47.7 Å². The van der Waals surface area contributed by atoms with Gasteiger partial charge in [0.1, 0.15) is 16.6 Å². The van der Waals surface area contributed by atoms with Crippen LogP contribution in [0.1, 0.15) is 18.9 Å². The summed E-state index contributed by atoms with van der Waals surface area (Å²) < 4.78 is 15.2. The van der Waals surface area contributed by atoms with Crippen LogP contribution >= 0.6 is 0 Å². The minimum absolute atomic E-state index is 0.0631. The molecule has 21 heavy (non-hydrogen) atoms. The highest BCUT2D eigenvalue weighted by Gasteiger charge is 2.07. The molecule has 2 aromatic rings. The normalized spacial score (nSPS) is 14.1. The Labute approximate surface area is 126 Å². The number of nitrogens with zero attached hydrogens (tertiary/aromatic N) is 1. The van der Waals surface area contributed by atoms with E-state index in [4.69, 9.17) is 5.11 Å². The predicted molar refractivity (Wildman–Crippen MR) is 85.7 cm³/mol. The summed E-state index contributed by atoms with van der Waals surface area (Å²) in [5, 5.41) is 9.84. The maximum Gasteiger partial charge on any atom is 0.137 e. The van der Waals surface area contributed by atoms with Crippen LogP contribution in [0.5, 0.6) is 0 Å². The summed E-state index contributed by atoms with van der Waals surface area (Å²) in [6, 6.07) is 3.86. The van der Waals surface area contributed by atoms with Gasteiger partial charge in [0.25, 0.3) is 0 Å². The number of aliphatic hydroxyl groups excluding tert-OH is 1. The minimum atomic E-state index is -1.31. The summed E-state index contributed by atoms with van der Waals surface area (Å²) in [7, 11) is -1.31. The fourth-order valence-electron chi connectivity index (χ4n) is 1.96. The molecule has 0 aromatic carbocycles. The molecule has 0 amide bonds. The lowest BCUT2D eigenvalue weighted by molar-refractivity contribution is 0.342. The van der Waals surface area contributed by atoms with Gasteiger partial charge in [0, 0.05) is 24.3 Å². The number of aromatic amines is 1. The maximum atomic E-state index is 12.2. The molecule has 2 aromatic heterocycles. The first-order valence-electron chi connectivity index (χ1n) is 6.80. The van der Waals surface area contributed by atoms with Crippen LogP contribution in [0.2, 0.25) is 0 Å². The number of hydrogen-bond donors (Lipinski definition) is 3. The highest BCUT2D eigenvalue weighted by Crippen LogP contribution is 2.15. The first-order valence-corrected chi connectivity index (χ1v) is 7.95. The highest BCUT2D eigenvalue weighted by molar-refractivity contribution is 7.87. The number of aliphatic hydroxyl groups is 1. The monoisotopic (exact) mass is 305 g/mol. The molecule has 0 saturated carbocycles. The van der Waals surface area contributed by atoms with Crippen LogP contribution in [0.25, 0.3) is 11.0 Å². The second-order valence-corrected chi connectivity index (χ2v) is 5.70. The topological polar surface area (TPSA) is 78.0 Å². The Morgan fingerprint density at radius 2 is 2.43 bits per heavy atom. The van der Waals surface area contributed by atoms with E-state index in [-0.39, 0.29) is 6.61 Å². The highest BCUT2D eigenvalue weighted by atomic mass is 32.2. The molecule has 2 rings (SSSR count). The number of H-pyrrole nitrogens is 1. The van der Waals surface area contributed by atoms with Gasteiger partial charge in [-0.25, -0.2) is 13.9 Å². The van der Waals surface area contributed by atoms with Crippen LogP contribution in [-0.4, -0.2) is 25.9 Å². The number of nitrogens with one attached hydrogen (secondary N) is 2. The standard InChI is InChI=1S/C15H19N3O2S/c1-2-5-13(6-4-9-19)21(20)18-11-12-10-17-15-14(12)7-3-8-16-15/h3-8,10,18-19H,2,9,11H2,1H3,(H,16,17)/b6-4-,13-5+. The quantitative estimate of drug-likeness (QED) is 0.686. The zero-order valence-electron chi connectivity index (χ0n) is 11.9. The van der Waals surface area contributed by atoms with E-state index in [1.165, 1.54) is 0 Å². The van der Waals surface area contributed by atoms with E-state index in [1.807, 2.05) is 31.3 Å². The van der Waals surface area contributed by atoms with Gasteiger partial charge in [0.15, 0.2) is 0 Å². The number of hydrogen-bond acceptors (Lipinski definition) is 3. The van der Waals surface area contributed by atoms with Crippen LogP contribution < -0.4 is 4.72 Å². The van der Waals surface area contributed by atoms with Crippen LogP contribution in [0.4, 0.5) is 0 Å². The molecule has 0 aliphatic rings. The summed E-state index contributed by atoms with van der Waals surface area (Å²) in [5.74, 6) is 0. The molecule has 0 spiro atoms. The van der Waals surface area contributed by atoms with Crippen molar-refractivity contribution < 1.29 is 9.32 Å². The fourth-order valence-corrected chi connectivity index (χ4v) is 2.95. The summed E-state index contributed by atoms with van der Waals surface area (Å²) in [5.41, 5.74) is 1.85. The average molecular weight is 305 g/mol. The third-order valence-corrected chi connectivity index (χ3v) is 4.07. The first kappa shape index (κ1) is 15.6. The van der Waals surface area contributed by atoms with Gasteiger partial charge >= 0.3 is 0 Å². The number of rotatable bonds is 7. The Hall–Kier alpha value is -1.76. The molecule has 1 unspecified atom stereocenters. The van der Waals surface area contributed by atoms with Crippen molar-refractivity contribution in [2.75, 3.05) is 6.61 Å². The van der Waals surface area contributed by atoms with Crippen LogP contribution in [0, 0.1) is 0 Å². The van der Waals surface area contributed by atoms with E-state index in [1.54, 1.807) is 18.3 Å². The molecular weight excluding hydrogens is 286 g/mol. The maximum absolute atomic E-state index is 12.2. The second kappa shape index (κ2) is 7.87. The SMILES string of the molecule is CC/C=C(\C=C/CO)S(=O)NCc1c[nH]c2ncccc12. The summed E-state index contributed by atoms with van der Waals surface area (Å²) >= 11 is 0. The predicted octanol–water partition coefficient (Wildman–Crippen LogP) is 2.16. The zero-order valence-corrected chi connectivity index (χ0v) is 12.7. The molecular formula is C15H19N3O2S. The Bertz CT molecular complexity index is 676. The summed E-state index contributed by atoms with van der Waals surface area (Å²) in [4.78, 5) is 7.98. The Morgan fingerprint density at radius 3 is 3.19 bits per heavy atom. The van der Waals surface area contributed by atoms with Crippen molar-refractivity contribution in [2.24, 2.45) is 0 Å². The molecule has 2 heterocycles. The van der Waals surface area contributed by atoms with Crippen molar-refractivity contribution >= 4 is 22.0 Å². The molecule has 0 saturated heterocycles. The molecule has 0 aliphatic heterocycles. The second-order valence-electron chi connectivity index (χ2n) is 4.40. The smallest absolute Gasteiger partial charge is 0.137 e. The fraction of sp³-hybridized carbons (Fsp3) is 0.267. The lowest BCUT2D eigenvalue weighted by atomic mass is 10.2. The molecule has 0 radical (unpaired) electrons. The van der Waals surface area contributed by atoms with E-state index >= 15 is 0 Å². The molecule has 1 atom stereocenters. The minimum Gasteiger partial charge on any atom is -0.392 e. The van der Waals surface area contributed by atoms with Crippen LogP contribution in [-0.2, 0) is 17.5 Å². The van der Waals surface area contributed by atoms with E-state index in [2.05, 4.69) is 14.7 Å². The number of allylic oxidation sites excluding steroid dienone is 2. The van der Waals surface area contributed by atoms with Gasteiger partial charge in [-0.3, -0.25) is 0 Å². The Morgan fingerprint density at radius 1 is 1.57 bits per heavy atom. The van der Waals surface area contributed by atoms with Gasteiger partial charge in [-0.05, 0) is 30.2 Å². The third kappa shape index (κ3) is 4.10. The van der Waals surface area contributed by atoms with Crippen molar-refractivity contribution in [3.8, 4) is 0 Å². The average Bonchev–Trinajstić information content (AvgIpc) is 2.92. The lowest BCUT2D eigenvalue weighted by Crippen LogP contribution is -2.17. The molecule has 5 nitrogen and oxygen atoms in total. The molecule has 0 fully saturated rings. The van der Waals surface area contributed by atoms with Gasteiger partial charge in [-0.15, -0.1) is 0 Å². The Kier molecular flexibility index (Phi) is 5.86. The van der Waals surface area contributed by atoms with Gasteiger partial charge in [-0.1, -0.05) is 19.1 Å². The summed E-state index contributed by atoms with van der Waals surface area (Å²) in [6.45, 7) is 2.40. The third-order valence-electron chi connectivity index (χ3n) is 2.94. The van der Waals surface area contributed by atoms with Gasteiger partial charge in [0.05, 0.1) is 11.5 Å².